The van der Waals surface area contributed by atoms with Crippen molar-refractivity contribution in [1.29, 1.82) is 0 Å². The number of nitrogens with zero attached hydrogens (tertiary/aromatic N) is 1. The molecular weight excluding hydrogens is 176 g/mol. The topological polar surface area (TPSA) is 84.3 Å². The Balaban J connectivity index is 2.73. The molecule has 0 amide bonds. The van der Waals surface area contributed by atoms with E-state index in [-0.39, 0.29) is 12.2 Å². The molecule has 0 aromatic carbocycles. The van der Waals surface area contributed by atoms with Crippen molar-refractivity contribution in [2.45, 2.75) is 12.6 Å². The minimum absolute atomic E-state index is 0.00810. The molecule has 1 unspecified atom stereocenters. The van der Waals surface area contributed by atoms with Gasteiger partial charge in [-0.15, -0.1) is 0 Å². The van der Waals surface area contributed by atoms with Crippen LogP contribution in [0.4, 0.5) is 0 Å². The molecule has 0 bridgehead atoms. The molecule has 1 heterocycles. The lowest BCUT2D eigenvalue weighted by Gasteiger charge is -2.09. The first kappa shape index (κ1) is 9.53. The molecule has 0 fully saturated rings. The molecular formula is C7H10N2O4. The molecule has 1 rings (SSSR count). The standard InChI is InChI=1S/C7H10N2O4/c1-13-5(6(10)11)4-9-3-2-8-7(9)12/h2-3,5H,4H2,1H3,(H,8,12)(H,10,11). The van der Waals surface area contributed by atoms with E-state index >= 15 is 0 Å². The van der Waals surface area contributed by atoms with E-state index in [0.717, 1.165) is 0 Å². The molecule has 0 aliphatic carbocycles. The van der Waals surface area contributed by atoms with Gasteiger partial charge in [0.2, 0.25) is 0 Å². The van der Waals surface area contributed by atoms with E-state index in [9.17, 15) is 9.59 Å². The monoisotopic (exact) mass is 186 g/mol. The molecule has 0 aliphatic rings. The predicted molar refractivity (Wildman–Crippen MR) is 43.5 cm³/mol. The summed E-state index contributed by atoms with van der Waals surface area (Å²) in [4.78, 5) is 23.9. The highest BCUT2D eigenvalue weighted by Crippen LogP contribution is 1.93. The van der Waals surface area contributed by atoms with Crippen molar-refractivity contribution in [2.24, 2.45) is 0 Å². The Morgan fingerprint density at radius 3 is 2.92 bits per heavy atom. The number of methoxy groups -OCH3 is 1. The molecule has 1 atom stereocenters. The van der Waals surface area contributed by atoms with Gasteiger partial charge in [0.25, 0.3) is 0 Å². The van der Waals surface area contributed by atoms with Crippen LogP contribution in [0, 0.1) is 0 Å². The maximum Gasteiger partial charge on any atom is 0.334 e. The first-order valence-corrected chi connectivity index (χ1v) is 3.64. The van der Waals surface area contributed by atoms with Crippen molar-refractivity contribution >= 4 is 5.97 Å². The number of aromatic amines is 1. The fourth-order valence-electron chi connectivity index (χ4n) is 0.925. The second kappa shape index (κ2) is 3.90. The minimum atomic E-state index is -1.09. The van der Waals surface area contributed by atoms with Crippen molar-refractivity contribution in [3.63, 3.8) is 0 Å². The Bertz CT molecular complexity index is 340. The molecule has 0 spiro atoms. The number of H-pyrrole nitrogens is 1. The van der Waals surface area contributed by atoms with Gasteiger partial charge in [0.1, 0.15) is 0 Å². The van der Waals surface area contributed by atoms with Crippen LogP contribution in [0.5, 0.6) is 0 Å². The highest BCUT2D eigenvalue weighted by atomic mass is 16.5. The quantitative estimate of drug-likeness (QED) is 0.649. The molecule has 0 saturated carbocycles. The van der Waals surface area contributed by atoms with Crippen LogP contribution in [0.15, 0.2) is 17.2 Å². The van der Waals surface area contributed by atoms with E-state index in [1.165, 1.54) is 24.1 Å². The Kier molecular flexibility index (Phi) is 2.86. The van der Waals surface area contributed by atoms with E-state index in [4.69, 9.17) is 5.11 Å². The van der Waals surface area contributed by atoms with Crippen LogP contribution in [0.3, 0.4) is 0 Å². The second-order valence-electron chi connectivity index (χ2n) is 2.48. The van der Waals surface area contributed by atoms with E-state index in [2.05, 4.69) is 9.72 Å². The zero-order valence-electron chi connectivity index (χ0n) is 7.06. The molecule has 72 valence electrons. The molecule has 1 aromatic rings. The lowest BCUT2D eigenvalue weighted by Crippen LogP contribution is -2.31. The van der Waals surface area contributed by atoms with Gasteiger partial charge >= 0.3 is 11.7 Å². The zero-order chi connectivity index (χ0) is 9.84. The van der Waals surface area contributed by atoms with Crippen LogP contribution in [0.25, 0.3) is 0 Å². The highest BCUT2D eigenvalue weighted by Gasteiger charge is 2.17. The number of hydrogen-bond acceptors (Lipinski definition) is 3. The first-order chi connectivity index (χ1) is 6.15. The maximum atomic E-state index is 11.0. The van der Waals surface area contributed by atoms with Crippen LogP contribution in [-0.4, -0.2) is 33.8 Å². The van der Waals surface area contributed by atoms with Crippen LogP contribution in [0.2, 0.25) is 0 Å². The molecule has 0 aliphatic heterocycles. The second-order valence-corrected chi connectivity index (χ2v) is 2.48. The lowest BCUT2D eigenvalue weighted by atomic mass is 10.3. The summed E-state index contributed by atoms with van der Waals surface area (Å²) in [6.45, 7) is 0.00810. The fourth-order valence-corrected chi connectivity index (χ4v) is 0.925. The normalized spacial score (nSPS) is 12.7. The van der Waals surface area contributed by atoms with E-state index in [0.29, 0.717) is 0 Å². The average molecular weight is 186 g/mol. The van der Waals surface area contributed by atoms with E-state index in [1.807, 2.05) is 0 Å². The number of carbonyl (C=O) groups is 1. The third-order valence-electron chi connectivity index (χ3n) is 1.64. The van der Waals surface area contributed by atoms with Crippen molar-refractivity contribution in [2.75, 3.05) is 7.11 Å². The van der Waals surface area contributed by atoms with Gasteiger partial charge in [0.05, 0.1) is 6.54 Å². The van der Waals surface area contributed by atoms with Crippen LogP contribution in [-0.2, 0) is 16.1 Å². The molecule has 13 heavy (non-hydrogen) atoms. The Morgan fingerprint density at radius 1 is 1.85 bits per heavy atom. The molecule has 0 radical (unpaired) electrons. The number of carboxylic acids is 1. The maximum absolute atomic E-state index is 11.0. The van der Waals surface area contributed by atoms with E-state index in [1.54, 1.807) is 0 Å². The van der Waals surface area contributed by atoms with Crippen LogP contribution in [0.1, 0.15) is 0 Å². The summed E-state index contributed by atoms with van der Waals surface area (Å²) < 4.78 is 5.91. The molecule has 0 saturated heterocycles. The van der Waals surface area contributed by atoms with Gasteiger partial charge in [-0.1, -0.05) is 0 Å². The summed E-state index contributed by atoms with van der Waals surface area (Å²) in [5.74, 6) is -1.09. The zero-order valence-corrected chi connectivity index (χ0v) is 7.06. The van der Waals surface area contributed by atoms with E-state index < -0.39 is 12.1 Å². The number of carboxylic acid groups (broad SMARTS) is 1. The van der Waals surface area contributed by atoms with Gasteiger partial charge in [-0.2, -0.15) is 0 Å². The third-order valence-corrected chi connectivity index (χ3v) is 1.64. The summed E-state index contributed by atoms with van der Waals surface area (Å²) >= 11 is 0. The summed E-state index contributed by atoms with van der Waals surface area (Å²) in [5, 5.41) is 8.61. The molecule has 6 nitrogen and oxygen atoms in total. The number of nitrogens with one attached hydrogen (secondary N) is 1. The number of aliphatic carboxylic acids is 1. The van der Waals surface area contributed by atoms with Crippen molar-refractivity contribution in [1.82, 2.24) is 9.55 Å². The third kappa shape index (κ3) is 2.19. The predicted octanol–water partition coefficient (Wildman–Crippen LogP) is -0.724. The van der Waals surface area contributed by atoms with Gasteiger partial charge in [-0.05, 0) is 0 Å². The van der Waals surface area contributed by atoms with Crippen molar-refractivity contribution in [3.8, 4) is 0 Å². The van der Waals surface area contributed by atoms with Gasteiger partial charge in [0, 0.05) is 19.5 Å². The van der Waals surface area contributed by atoms with Gasteiger partial charge in [0.15, 0.2) is 6.10 Å². The van der Waals surface area contributed by atoms with Crippen LogP contribution >= 0.6 is 0 Å². The highest BCUT2D eigenvalue weighted by molar-refractivity contribution is 5.72. The van der Waals surface area contributed by atoms with Crippen molar-refractivity contribution < 1.29 is 14.6 Å². The number of rotatable bonds is 4. The number of aromatic nitrogens is 2. The summed E-state index contributed by atoms with van der Waals surface area (Å²) in [7, 11) is 1.29. The number of hydrogen-bond donors (Lipinski definition) is 2. The Morgan fingerprint density at radius 2 is 2.54 bits per heavy atom. The average Bonchev–Trinajstić information content (AvgIpc) is 2.46. The fraction of sp³-hybridized carbons (Fsp3) is 0.429. The first-order valence-electron chi connectivity index (χ1n) is 3.64. The van der Waals surface area contributed by atoms with Gasteiger partial charge in [-0.25, -0.2) is 9.59 Å². The molecule has 1 aromatic heterocycles. The Hall–Kier alpha value is -1.56. The van der Waals surface area contributed by atoms with Crippen molar-refractivity contribution in [3.05, 3.63) is 22.9 Å². The van der Waals surface area contributed by atoms with Gasteiger partial charge in [-0.3, -0.25) is 4.57 Å². The molecule has 6 heteroatoms. The molecule has 2 N–H and O–H groups in total. The largest absolute Gasteiger partial charge is 0.479 e. The summed E-state index contributed by atoms with van der Waals surface area (Å²) in [6.07, 6.45) is 1.92. The Labute approximate surface area is 73.8 Å². The lowest BCUT2D eigenvalue weighted by molar-refractivity contribution is -0.149. The van der Waals surface area contributed by atoms with Gasteiger partial charge < -0.3 is 14.8 Å². The summed E-state index contributed by atoms with van der Waals surface area (Å²) in [5.41, 5.74) is -0.344. The minimum Gasteiger partial charge on any atom is -0.479 e. The smallest absolute Gasteiger partial charge is 0.334 e. The number of imidazole rings is 1. The summed E-state index contributed by atoms with van der Waals surface area (Å²) in [6, 6.07) is 0. The van der Waals surface area contributed by atoms with Crippen LogP contribution < -0.4 is 5.69 Å². The SMILES string of the molecule is COC(Cn1cc[nH]c1=O)C(=O)O. The number of ether oxygens (including phenoxy) is 1.